The summed E-state index contributed by atoms with van der Waals surface area (Å²) in [7, 11) is 3.29. The van der Waals surface area contributed by atoms with E-state index in [4.69, 9.17) is 15.3 Å². The van der Waals surface area contributed by atoms with Gasteiger partial charge in [-0.05, 0) is 30.7 Å². The van der Waals surface area contributed by atoms with Crippen LogP contribution in [0.15, 0.2) is 42.5 Å². The summed E-state index contributed by atoms with van der Waals surface area (Å²) in [6.07, 6.45) is 0. The van der Waals surface area contributed by atoms with E-state index in [9.17, 15) is 0 Å². The molecule has 0 bridgehead atoms. The van der Waals surface area contributed by atoms with Gasteiger partial charge in [0.05, 0.1) is 20.3 Å². The third-order valence-electron chi connectivity index (χ3n) is 3.29. The Bertz CT molecular complexity index is 584. The molecule has 1 unspecified atom stereocenters. The Morgan fingerprint density at radius 2 is 1.85 bits per heavy atom. The van der Waals surface area contributed by atoms with Gasteiger partial charge in [0.15, 0.2) is 0 Å². The maximum absolute atomic E-state index is 5.76. The highest BCUT2D eigenvalue weighted by molar-refractivity contribution is 5.46. The van der Waals surface area contributed by atoms with Crippen LogP contribution >= 0.6 is 0 Å². The number of hydrazine groups is 1. The number of benzene rings is 2. The van der Waals surface area contributed by atoms with Gasteiger partial charge in [0.1, 0.15) is 11.5 Å². The van der Waals surface area contributed by atoms with Crippen molar-refractivity contribution in [2.45, 2.75) is 13.0 Å². The van der Waals surface area contributed by atoms with Crippen LogP contribution < -0.4 is 20.7 Å². The molecule has 0 spiro atoms. The van der Waals surface area contributed by atoms with E-state index in [0.717, 1.165) is 22.6 Å². The van der Waals surface area contributed by atoms with Gasteiger partial charge in [0.25, 0.3) is 0 Å². The fourth-order valence-electron chi connectivity index (χ4n) is 2.28. The Morgan fingerprint density at radius 1 is 1.05 bits per heavy atom. The minimum atomic E-state index is -0.153. The van der Waals surface area contributed by atoms with Crippen molar-refractivity contribution in [3.63, 3.8) is 0 Å². The lowest BCUT2D eigenvalue weighted by Gasteiger charge is -2.20. The predicted octanol–water partition coefficient (Wildman–Crippen LogP) is 2.56. The molecule has 2 aromatic rings. The summed E-state index contributed by atoms with van der Waals surface area (Å²) < 4.78 is 10.7. The monoisotopic (exact) mass is 272 g/mol. The van der Waals surface area contributed by atoms with Gasteiger partial charge in [0.2, 0.25) is 0 Å². The van der Waals surface area contributed by atoms with E-state index >= 15 is 0 Å². The molecule has 1 atom stereocenters. The Kier molecular flexibility index (Phi) is 4.61. The van der Waals surface area contributed by atoms with Gasteiger partial charge in [-0.15, -0.1) is 0 Å². The topological polar surface area (TPSA) is 56.5 Å². The SMILES string of the molecule is COc1ccc(OC)c(C(NN)c2cccc(C)c2)c1. The zero-order chi connectivity index (χ0) is 14.5. The highest BCUT2D eigenvalue weighted by Gasteiger charge is 2.18. The van der Waals surface area contributed by atoms with Crippen LogP contribution in [0.25, 0.3) is 0 Å². The molecule has 0 saturated carbocycles. The molecule has 2 rings (SSSR count). The molecule has 0 aromatic heterocycles. The lowest BCUT2D eigenvalue weighted by atomic mass is 9.97. The molecule has 0 amide bonds. The van der Waals surface area contributed by atoms with Crippen LogP contribution in [0.3, 0.4) is 0 Å². The van der Waals surface area contributed by atoms with Crippen LogP contribution in [0.2, 0.25) is 0 Å². The summed E-state index contributed by atoms with van der Waals surface area (Å²) in [4.78, 5) is 0. The predicted molar refractivity (Wildman–Crippen MR) is 79.9 cm³/mol. The van der Waals surface area contributed by atoms with Gasteiger partial charge in [-0.2, -0.15) is 0 Å². The molecule has 0 radical (unpaired) electrons. The molecule has 0 heterocycles. The fraction of sp³-hybridized carbons (Fsp3) is 0.250. The van der Waals surface area contributed by atoms with Crippen molar-refractivity contribution in [1.29, 1.82) is 0 Å². The molecule has 0 fully saturated rings. The van der Waals surface area contributed by atoms with E-state index < -0.39 is 0 Å². The van der Waals surface area contributed by atoms with Gasteiger partial charge in [-0.3, -0.25) is 5.84 Å². The Morgan fingerprint density at radius 3 is 2.45 bits per heavy atom. The molecule has 0 aliphatic heterocycles. The summed E-state index contributed by atoms with van der Waals surface area (Å²) in [5.41, 5.74) is 6.06. The van der Waals surface area contributed by atoms with E-state index in [1.54, 1.807) is 14.2 Å². The van der Waals surface area contributed by atoms with Crippen LogP contribution in [-0.4, -0.2) is 14.2 Å². The van der Waals surface area contributed by atoms with Gasteiger partial charge in [0, 0.05) is 5.56 Å². The first-order valence-corrected chi connectivity index (χ1v) is 6.44. The van der Waals surface area contributed by atoms with Gasteiger partial charge < -0.3 is 9.47 Å². The first kappa shape index (κ1) is 14.4. The Labute approximate surface area is 119 Å². The summed E-state index contributed by atoms with van der Waals surface area (Å²) in [6, 6.07) is 13.7. The Balaban J connectivity index is 2.50. The number of rotatable bonds is 5. The average molecular weight is 272 g/mol. The third kappa shape index (κ3) is 2.92. The molecule has 3 N–H and O–H groups in total. The largest absolute Gasteiger partial charge is 0.497 e. The van der Waals surface area contributed by atoms with Crippen molar-refractivity contribution in [3.05, 3.63) is 59.2 Å². The third-order valence-corrected chi connectivity index (χ3v) is 3.29. The van der Waals surface area contributed by atoms with E-state index in [-0.39, 0.29) is 6.04 Å². The zero-order valence-corrected chi connectivity index (χ0v) is 12.0. The van der Waals surface area contributed by atoms with Crippen molar-refractivity contribution >= 4 is 0 Å². The van der Waals surface area contributed by atoms with Gasteiger partial charge in [-0.1, -0.05) is 29.8 Å². The van der Waals surface area contributed by atoms with Crippen LogP contribution in [0.4, 0.5) is 0 Å². The van der Waals surface area contributed by atoms with Crippen LogP contribution in [-0.2, 0) is 0 Å². The second-order valence-corrected chi connectivity index (χ2v) is 4.62. The summed E-state index contributed by atoms with van der Waals surface area (Å²) in [5, 5.41) is 0. The first-order valence-electron chi connectivity index (χ1n) is 6.44. The number of nitrogens with one attached hydrogen (secondary N) is 1. The molecule has 20 heavy (non-hydrogen) atoms. The van der Waals surface area contributed by atoms with E-state index in [1.165, 1.54) is 5.56 Å². The summed E-state index contributed by atoms with van der Waals surface area (Å²) in [5.74, 6) is 7.30. The van der Waals surface area contributed by atoms with Crippen molar-refractivity contribution in [1.82, 2.24) is 5.43 Å². The highest BCUT2D eigenvalue weighted by Crippen LogP contribution is 2.32. The van der Waals surface area contributed by atoms with E-state index in [0.29, 0.717) is 0 Å². The van der Waals surface area contributed by atoms with E-state index in [2.05, 4.69) is 24.5 Å². The molecule has 0 saturated heterocycles. The van der Waals surface area contributed by atoms with Crippen LogP contribution in [0.1, 0.15) is 22.7 Å². The number of aryl methyl sites for hydroxylation is 1. The maximum Gasteiger partial charge on any atom is 0.124 e. The minimum absolute atomic E-state index is 0.153. The van der Waals surface area contributed by atoms with Crippen molar-refractivity contribution in [2.75, 3.05) is 14.2 Å². The molecule has 106 valence electrons. The second-order valence-electron chi connectivity index (χ2n) is 4.62. The minimum Gasteiger partial charge on any atom is -0.497 e. The lowest BCUT2D eigenvalue weighted by molar-refractivity contribution is 0.394. The molecule has 2 aromatic carbocycles. The average Bonchev–Trinajstić information content (AvgIpc) is 2.48. The van der Waals surface area contributed by atoms with Crippen molar-refractivity contribution < 1.29 is 9.47 Å². The molecule has 0 aliphatic carbocycles. The molecule has 4 nitrogen and oxygen atoms in total. The summed E-state index contributed by atoms with van der Waals surface area (Å²) in [6.45, 7) is 2.06. The summed E-state index contributed by atoms with van der Waals surface area (Å²) >= 11 is 0. The standard InChI is InChI=1S/C16H20N2O2/c1-11-5-4-6-12(9-11)16(18-17)14-10-13(19-2)7-8-15(14)20-3/h4-10,16,18H,17H2,1-3H3. The molecular formula is C16H20N2O2. The van der Waals surface area contributed by atoms with Crippen molar-refractivity contribution in [2.24, 2.45) is 5.84 Å². The molecular weight excluding hydrogens is 252 g/mol. The number of methoxy groups -OCH3 is 2. The zero-order valence-electron chi connectivity index (χ0n) is 12.0. The maximum atomic E-state index is 5.76. The Hall–Kier alpha value is -2.04. The van der Waals surface area contributed by atoms with Gasteiger partial charge >= 0.3 is 0 Å². The number of nitrogens with two attached hydrogens (primary N) is 1. The normalized spacial score (nSPS) is 12.0. The highest BCUT2D eigenvalue weighted by atomic mass is 16.5. The van der Waals surface area contributed by atoms with Crippen LogP contribution in [0.5, 0.6) is 11.5 Å². The quantitative estimate of drug-likeness (QED) is 0.649. The van der Waals surface area contributed by atoms with Crippen molar-refractivity contribution in [3.8, 4) is 11.5 Å². The lowest BCUT2D eigenvalue weighted by Crippen LogP contribution is -2.29. The first-order chi connectivity index (χ1) is 9.69. The molecule has 4 heteroatoms. The fourth-order valence-corrected chi connectivity index (χ4v) is 2.28. The number of hydrogen-bond acceptors (Lipinski definition) is 4. The number of hydrogen-bond donors (Lipinski definition) is 2. The van der Waals surface area contributed by atoms with Gasteiger partial charge in [-0.25, -0.2) is 5.43 Å². The number of ether oxygens (including phenoxy) is 2. The second kappa shape index (κ2) is 6.41. The smallest absolute Gasteiger partial charge is 0.124 e. The molecule has 0 aliphatic rings. The van der Waals surface area contributed by atoms with E-state index in [1.807, 2.05) is 30.3 Å². The van der Waals surface area contributed by atoms with Crippen LogP contribution in [0, 0.1) is 6.92 Å².